The zero-order valence-electron chi connectivity index (χ0n) is 16.6. The van der Waals surface area contributed by atoms with Crippen molar-refractivity contribution in [3.63, 3.8) is 0 Å². The van der Waals surface area contributed by atoms with Crippen LogP contribution in [0.15, 0.2) is 59.7 Å². The van der Waals surface area contributed by atoms with Gasteiger partial charge in [-0.15, -0.1) is 0 Å². The fraction of sp³-hybridized carbons (Fsp3) is 0.273. The first kappa shape index (κ1) is 21.0. The van der Waals surface area contributed by atoms with Crippen molar-refractivity contribution < 1.29 is 14.6 Å². The van der Waals surface area contributed by atoms with Crippen molar-refractivity contribution in [1.29, 1.82) is 0 Å². The molecule has 0 fully saturated rings. The van der Waals surface area contributed by atoms with E-state index in [4.69, 9.17) is 16.3 Å². The Morgan fingerprint density at radius 1 is 1.28 bits per heavy atom. The lowest BCUT2D eigenvalue weighted by molar-refractivity contribution is -0.710. The minimum atomic E-state index is -0.598. The minimum absolute atomic E-state index is 0.116. The number of fused-ring (bicyclic) bond motifs is 1. The maximum atomic E-state index is 12.4. The van der Waals surface area contributed by atoms with Gasteiger partial charge in [0, 0.05) is 35.0 Å². The van der Waals surface area contributed by atoms with Crippen LogP contribution in [-0.4, -0.2) is 30.5 Å². The first-order chi connectivity index (χ1) is 13.7. The normalized spacial score (nSPS) is 17.0. The van der Waals surface area contributed by atoms with Gasteiger partial charge in [-0.05, 0) is 38.5 Å². The summed E-state index contributed by atoms with van der Waals surface area (Å²) in [6.07, 6.45) is 2.77. The lowest BCUT2D eigenvalue weighted by Crippen LogP contribution is -2.95. The number of benzene rings is 2. The third kappa shape index (κ3) is 5.67. The third-order valence-corrected chi connectivity index (χ3v) is 4.48. The molecule has 6 nitrogen and oxygen atoms in total. The molecule has 0 saturated carbocycles. The second-order valence-electron chi connectivity index (χ2n) is 7.74. The van der Waals surface area contributed by atoms with Gasteiger partial charge in [-0.25, -0.2) is 4.79 Å². The molecule has 1 heterocycles. The molecule has 0 radical (unpaired) electrons. The number of carbonyl (C=O) groups is 1. The van der Waals surface area contributed by atoms with Gasteiger partial charge in [-0.2, -0.15) is 0 Å². The van der Waals surface area contributed by atoms with E-state index < -0.39 is 17.7 Å². The number of hydroxylamine groups is 1. The van der Waals surface area contributed by atoms with E-state index in [2.05, 4.69) is 10.3 Å². The van der Waals surface area contributed by atoms with Crippen LogP contribution in [0.5, 0.6) is 0 Å². The Bertz CT molecular complexity index is 936. The molecule has 7 heteroatoms. The predicted molar refractivity (Wildman–Crippen MR) is 115 cm³/mol. The van der Waals surface area contributed by atoms with Gasteiger partial charge in [0.15, 0.2) is 0 Å². The fourth-order valence-corrected chi connectivity index (χ4v) is 3.17. The molecule has 2 atom stereocenters. The van der Waals surface area contributed by atoms with E-state index in [0.717, 1.165) is 16.7 Å². The lowest BCUT2D eigenvalue weighted by atomic mass is 10.0. The number of alkyl carbamates (subject to hydrolysis) is 1. The predicted octanol–water partition coefficient (Wildman–Crippen LogP) is 3.72. The summed E-state index contributed by atoms with van der Waals surface area (Å²) in [5, 5.41) is 15.6. The van der Waals surface area contributed by atoms with Gasteiger partial charge in [-0.3, -0.25) is 4.99 Å². The van der Waals surface area contributed by atoms with Crippen molar-refractivity contribution in [2.24, 2.45) is 4.99 Å². The highest BCUT2D eigenvalue weighted by atomic mass is 35.5. The molecule has 1 amide bonds. The van der Waals surface area contributed by atoms with Crippen LogP contribution < -0.4 is 10.4 Å². The van der Waals surface area contributed by atoms with Crippen molar-refractivity contribution in [1.82, 2.24) is 5.32 Å². The molecule has 29 heavy (non-hydrogen) atoms. The van der Waals surface area contributed by atoms with Crippen LogP contribution in [0, 0.1) is 5.21 Å². The quantitative estimate of drug-likeness (QED) is 0.579. The molecule has 2 aromatic carbocycles. The van der Waals surface area contributed by atoms with E-state index in [-0.39, 0.29) is 11.6 Å². The zero-order valence-corrected chi connectivity index (χ0v) is 17.4. The Labute approximate surface area is 175 Å². The van der Waals surface area contributed by atoms with Gasteiger partial charge in [0.25, 0.3) is 0 Å². The Morgan fingerprint density at radius 3 is 2.69 bits per heavy atom. The number of hydrogen-bond donors (Lipinski definition) is 2. The van der Waals surface area contributed by atoms with Crippen LogP contribution in [0.2, 0.25) is 5.02 Å². The van der Waals surface area contributed by atoms with Crippen LogP contribution in [0.25, 0.3) is 5.57 Å². The number of aliphatic imine (C=N–C) groups is 1. The Kier molecular flexibility index (Phi) is 6.37. The second kappa shape index (κ2) is 8.78. The van der Waals surface area contributed by atoms with Crippen molar-refractivity contribution >= 4 is 35.2 Å². The Hall–Kier alpha value is -2.67. The van der Waals surface area contributed by atoms with Gasteiger partial charge in [-0.1, -0.05) is 41.9 Å². The molecule has 3 rings (SSSR count). The summed E-state index contributed by atoms with van der Waals surface area (Å²) >= 11 is 6.04. The largest absolute Gasteiger partial charge is 0.624 e. The van der Waals surface area contributed by atoms with Gasteiger partial charge in [0.2, 0.25) is 0 Å². The zero-order chi connectivity index (χ0) is 21.0. The van der Waals surface area contributed by atoms with Gasteiger partial charge < -0.3 is 20.3 Å². The number of amides is 1. The van der Waals surface area contributed by atoms with Gasteiger partial charge in [0.1, 0.15) is 17.5 Å². The Balaban J connectivity index is 1.85. The van der Waals surface area contributed by atoms with E-state index in [1.807, 2.05) is 36.4 Å². The molecule has 152 valence electrons. The summed E-state index contributed by atoms with van der Waals surface area (Å²) in [7, 11) is 0. The maximum Gasteiger partial charge on any atom is 0.407 e. The van der Waals surface area contributed by atoms with E-state index in [1.165, 1.54) is 0 Å². The monoisotopic (exact) mass is 413 g/mol. The van der Waals surface area contributed by atoms with Crippen molar-refractivity contribution in [2.45, 2.75) is 32.4 Å². The van der Waals surface area contributed by atoms with Crippen LogP contribution in [0.3, 0.4) is 0 Å². The summed E-state index contributed by atoms with van der Waals surface area (Å²) in [5.74, 6) is 0. The number of quaternary nitrogens is 1. The molecular weight excluding hydrogens is 390 g/mol. The fourth-order valence-electron chi connectivity index (χ4n) is 3.00. The second-order valence-corrected chi connectivity index (χ2v) is 8.18. The summed E-state index contributed by atoms with van der Waals surface area (Å²) in [6, 6.07) is 14.4. The number of halogens is 1. The molecule has 1 aliphatic heterocycles. The molecule has 2 aromatic rings. The molecule has 1 aliphatic rings. The number of nitrogens with one attached hydrogen (secondary N) is 2. The van der Waals surface area contributed by atoms with E-state index >= 15 is 0 Å². The highest BCUT2D eigenvalue weighted by Crippen LogP contribution is 2.31. The van der Waals surface area contributed by atoms with Crippen LogP contribution in [0.4, 0.5) is 10.5 Å². The van der Waals surface area contributed by atoms with Crippen LogP contribution in [-0.2, 0) is 4.74 Å². The standard InChI is InChI=1S/C22H24ClN3O3/c1-22(2,3)29-21(27)25-13-19(24-12-15-7-5-4-6-8-15)18-14-26(28)20-11-16(23)9-10-17(18)20/h4-12,14,19,26H,13H2,1-3H3,(H,25,27)/b24-12-. The van der Waals surface area contributed by atoms with Gasteiger partial charge >= 0.3 is 6.09 Å². The number of rotatable bonds is 5. The molecule has 2 N–H and O–H groups in total. The van der Waals surface area contributed by atoms with Crippen molar-refractivity contribution in [3.05, 3.63) is 76.1 Å². The molecule has 0 bridgehead atoms. The van der Waals surface area contributed by atoms with E-state index in [1.54, 1.807) is 45.3 Å². The van der Waals surface area contributed by atoms with Crippen molar-refractivity contribution in [3.8, 4) is 0 Å². The highest BCUT2D eigenvalue weighted by molar-refractivity contribution is 6.30. The number of ether oxygens (including phenoxy) is 1. The van der Waals surface area contributed by atoms with E-state index in [9.17, 15) is 10.0 Å². The Morgan fingerprint density at radius 2 is 2.00 bits per heavy atom. The molecule has 2 unspecified atom stereocenters. The number of carbonyl (C=O) groups excluding carboxylic acids is 1. The number of nitrogens with zero attached hydrogens (tertiary/aromatic N) is 1. The average molecular weight is 414 g/mol. The summed E-state index contributed by atoms with van der Waals surface area (Å²) in [5.41, 5.74) is 2.39. The average Bonchev–Trinajstić information content (AvgIpc) is 2.97. The van der Waals surface area contributed by atoms with Crippen molar-refractivity contribution in [2.75, 3.05) is 6.54 Å². The number of hydrogen-bond acceptors (Lipinski definition) is 4. The van der Waals surface area contributed by atoms with Crippen LogP contribution >= 0.6 is 11.6 Å². The molecule has 0 saturated heterocycles. The first-order valence-electron chi connectivity index (χ1n) is 9.34. The highest BCUT2D eigenvalue weighted by Gasteiger charge is 2.28. The topological polar surface area (TPSA) is 78.2 Å². The van der Waals surface area contributed by atoms with Crippen LogP contribution in [0.1, 0.15) is 31.9 Å². The molecule has 0 spiro atoms. The molecular formula is C22H24ClN3O3. The minimum Gasteiger partial charge on any atom is -0.624 e. The SMILES string of the molecule is CC(C)(C)OC(=O)NCC(/N=C\c1ccccc1)C1=C[NH+]([O-])c2cc(Cl)ccc21. The summed E-state index contributed by atoms with van der Waals surface area (Å²) in [6.45, 7) is 5.60. The smallest absolute Gasteiger partial charge is 0.407 e. The lowest BCUT2D eigenvalue weighted by Gasteiger charge is -2.21. The van der Waals surface area contributed by atoms with E-state index in [0.29, 0.717) is 10.7 Å². The summed E-state index contributed by atoms with van der Waals surface area (Å²) in [4.78, 5) is 16.8. The molecule has 0 aliphatic carbocycles. The molecule has 0 aromatic heterocycles. The summed E-state index contributed by atoms with van der Waals surface area (Å²) < 4.78 is 5.31. The third-order valence-electron chi connectivity index (χ3n) is 4.25. The first-order valence-corrected chi connectivity index (χ1v) is 9.72. The van der Waals surface area contributed by atoms with Gasteiger partial charge in [0.05, 0.1) is 6.04 Å². The maximum absolute atomic E-state index is 12.4.